The molecule has 1 amide bonds. The first-order chi connectivity index (χ1) is 7.65. The minimum atomic E-state index is -0.0990. The molecule has 1 rings (SSSR count). The van der Waals surface area contributed by atoms with Crippen LogP contribution in [0.1, 0.15) is 23.9 Å². The molecule has 0 spiro atoms. The van der Waals surface area contributed by atoms with Crippen LogP contribution in [0.25, 0.3) is 0 Å². The fourth-order valence-electron chi connectivity index (χ4n) is 1.32. The SMILES string of the molecule is C/C=C/C=C/C(=O)NCc1c(C)n[nH]c1C. The minimum absolute atomic E-state index is 0.0990. The number of nitrogens with zero attached hydrogens (tertiary/aromatic N) is 1. The van der Waals surface area contributed by atoms with Gasteiger partial charge in [0, 0.05) is 23.9 Å². The van der Waals surface area contributed by atoms with Crippen LogP contribution in [0.4, 0.5) is 0 Å². The number of aromatic amines is 1. The van der Waals surface area contributed by atoms with Crippen LogP contribution in [0.2, 0.25) is 0 Å². The minimum Gasteiger partial charge on any atom is -0.348 e. The van der Waals surface area contributed by atoms with Crippen molar-refractivity contribution >= 4 is 5.91 Å². The standard InChI is InChI=1S/C12H17N3O/c1-4-5-6-7-12(16)13-8-11-9(2)14-15-10(11)3/h4-7H,8H2,1-3H3,(H,13,16)(H,14,15)/b5-4+,7-6+. The lowest BCUT2D eigenvalue weighted by atomic mass is 10.2. The van der Waals surface area contributed by atoms with Crippen LogP contribution in [0.3, 0.4) is 0 Å². The van der Waals surface area contributed by atoms with Crippen LogP contribution in [-0.4, -0.2) is 16.1 Å². The van der Waals surface area contributed by atoms with Crippen LogP contribution in [0.5, 0.6) is 0 Å². The number of rotatable bonds is 4. The zero-order chi connectivity index (χ0) is 12.0. The lowest BCUT2D eigenvalue weighted by Gasteiger charge is -2.01. The predicted molar refractivity (Wildman–Crippen MR) is 63.9 cm³/mol. The Hall–Kier alpha value is -1.84. The Kier molecular flexibility index (Phi) is 4.51. The molecule has 86 valence electrons. The Bertz CT molecular complexity index is 396. The van der Waals surface area contributed by atoms with Gasteiger partial charge in [-0.2, -0.15) is 5.10 Å². The molecule has 0 unspecified atom stereocenters. The van der Waals surface area contributed by atoms with Gasteiger partial charge in [-0.25, -0.2) is 0 Å². The average Bonchev–Trinajstić information content (AvgIpc) is 2.57. The van der Waals surface area contributed by atoms with Gasteiger partial charge in [0.2, 0.25) is 5.91 Å². The second kappa shape index (κ2) is 5.90. The van der Waals surface area contributed by atoms with Gasteiger partial charge in [-0.1, -0.05) is 18.2 Å². The lowest BCUT2D eigenvalue weighted by Crippen LogP contribution is -2.20. The number of hydrogen-bond donors (Lipinski definition) is 2. The van der Waals surface area contributed by atoms with Gasteiger partial charge in [-0.15, -0.1) is 0 Å². The number of allylic oxidation sites excluding steroid dienone is 3. The quantitative estimate of drug-likeness (QED) is 0.599. The second-order valence-corrected chi connectivity index (χ2v) is 3.52. The number of hydrogen-bond acceptors (Lipinski definition) is 2. The van der Waals surface area contributed by atoms with Crippen molar-refractivity contribution < 1.29 is 4.79 Å². The molecule has 1 aromatic heterocycles. The molecule has 0 fully saturated rings. The normalized spacial score (nSPS) is 11.4. The summed E-state index contributed by atoms with van der Waals surface area (Å²) in [6.45, 7) is 6.27. The average molecular weight is 219 g/mol. The van der Waals surface area contributed by atoms with Gasteiger partial charge in [0.25, 0.3) is 0 Å². The molecule has 0 bridgehead atoms. The molecule has 0 radical (unpaired) electrons. The van der Waals surface area contributed by atoms with E-state index in [2.05, 4.69) is 15.5 Å². The maximum atomic E-state index is 11.4. The number of H-pyrrole nitrogens is 1. The van der Waals surface area contributed by atoms with Gasteiger partial charge in [0.15, 0.2) is 0 Å². The third-order valence-electron chi connectivity index (χ3n) is 2.27. The first-order valence-corrected chi connectivity index (χ1v) is 5.22. The van der Waals surface area contributed by atoms with Gasteiger partial charge in [0.1, 0.15) is 0 Å². The van der Waals surface area contributed by atoms with E-state index < -0.39 is 0 Å². The maximum Gasteiger partial charge on any atom is 0.244 e. The highest BCUT2D eigenvalue weighted by molar-refractivity contribution is 5.87. The largest absolute Gasteiger partial charge is 0.348 e. The molecule has 0 saturated heterocycles. The summed E-state index contributed by atoms with van der Waals surface area (Å²) in [6.07, 6.45) is 6.90. The summed E-state index contributed by atoms with van der Waals surface area (Å²) in [5.41, 5.74) is 2.97. The monoisotopic (exact) mass is 219 g/mol. The number of carbonyl (C=O) groups is 1. The highest BCUT2D eigenvalue weighted by atomic mass is 16.1. The summed E-state index contributed by atoms with van der Waals surface area (Å²) in [5, 5.41) is 9.75. The lowest BCUT2D eigenvalue weighted by molar-refractivity contribution is -0.116. The van der Waals surface area contributed by atoms with Crippen molar-refractivity contribution in [2.75, 3.05) is 0 Å². The van der Waals surface area contributed by atoms with E-state index in [4.69, 9.17) is 0 Å². The fourth-order valence-corrected chi connectivity index (χ4v) is 1.32. The Morgan fingerprint density at radius 2 is 2.19 bits per heavy atom. The number of nitrogens with one attached hydrogen (secondary N) is 2. The summed E-state index contributed by atoms with van der Waals surface area (Å²) in [4.78, 5) is 11.4. The number of aromatic nitrogens is 2. The molecule has 0 aliphatic carbocycles. The van der Waals surface area contributed by atoms with Crippen molar-refractivity contribution in [3.05, 3.63) is 41.3 Å². The van der Waals surface area contributed by atoms with Gasteiger partial charge in [-0.05, 0) is 20.8 Å². The molecule has 0 aromatic carbocycles. The third-order valence-corrected chi connectivity index (χ3v) is 2.27. The molecule has 0 aliphatic rings. The van der Waals surface area contributed by atoms with Crippen LogP contribution in [0.15, 0.2) is 24.3 Å². The molecular formula is C12H17N3O. The van der Waals surface area contributed by atoms with Gasteiger partial charge in [0.05, 0.1) is 5.69 Å². The van der Waals surface area contributed by atoms with Gasteiger partial charge in [-0.3, -0.25) is 9.89 Å². The van der Waals surface area contributed by atoms with Crippen molar-refractivity contribution in [2.24, 2.45) is 0 Å². The molecule has 16 heavy (non-hydrogen) atoms. The molecule has 0 aliphatic heterocycles. The second-order valence-electron chi connectivity index (χ2n) is 3.52. The molecule has 1 aromatic rings. The van der Waals surface area contributed by atoms with E-state index in [1.54, 1.807) is 6.08 Å². The molecule has 0 saturated carbocycles. The topological polar surface area (TPSA) is 57.8 Å². The first-order valence-electron chi connectivity index (χ1n) is 5.22. The highest BCUT2D eigenvalue weighted by Crippen LogP contribution is 2.08. The maximum absolute atomic E-state index is 11.4. The molecule has 4 heteroatoms. The van der Waals surface area contributed by atoms with Gasteiger partial charge >= 0.3 is 0 Å². The molecular weight excluding hydrogens is 202 g/mol. The van der Waals surface area contributed by atoms with Crippen LogP contribution >= 0.6 is 0 Å². The highest BCUT2D eigenvalue weighted by Gasteiger charge is 2.06. The zero-order valence-corrected chi connectivity index (χ0v) is 9.87. The van der Waals surface area contributed by atoms with Crippen LogP contribution in [-0.2, 0) is 11.3 Å². The molecule has 4 nitrogen and oxygen atoms in total. The van der Waals surface area contributed by atoms with E-state index in [0.717, 1.165) is 17.0 Å². The van der Waals surface area contributed by atoms with Crippen molar-refractivity contribution in [1.29, 1.82) is 0 Å². The zero-order valence-electron chi connectivity index (χ0n) is 9.87. The predicted octanol–water partition coefficient (Wildman–Crippen LogP) is 1.78. The van der Waals surface area contributed by atoms with Crippen LogP contribution in [0, 0.1) is 13.8 Å². The van der Waals surface area contributed by atoms with Crippen LogP contribution < -0.4 is 5.32 Å². The third kappa shape index (κ3) is 3.38. The Morgan fingerprint density at radius 1 is 1.44 bits per heavy atom. The van der Waals surface area contributed by atoms with Gasteiger partial charge < -0.3 is 5.32 Å². The molecule has 1 heterocycles. The van der Waals surface area contributed by atoms with Crippen molar-refractivity contribution in [2.45, 2.75) is 27.3 Å². The van der Waals surface area contributed by atoms with E-state index in [1.165, 1.54) is 6.08 Å². The van der Waals surface area contributed by atoms with Crippen molar-refractivity contribution in [3.63, 3.8) is 0 Å². The van der Waals surface area contributed by atoms with E-state index in [0.29, 0.717) is 6.54 Å². The summed E-state index contributed by atoms with van der Waals surface area (Å²) in [6, 6.07) is 0. The molecule has 2 N–H and O–H groups in total. The van der Waals surface area contributed by atoms with E-state index in [-0.39, 0.29) is 5.91 Å². The number of aryl methyl sites for hydroxylation is 2. The number of amides is 1. The fraction of sp³-hybridized carbons (Fsp3) is 0.333. The first kappa shape index (κ1) is 12.2. The smallest absolute Gasteiger partial charge is 0.244 e. The number of carbonyl (C=O) groups excluding carboxylic acids is 1. The summed E-state index contributed by atoms with van der Waals surface area (Å²) >= 11 is 0. The van der Waals surface area contributed by atoms with Crippen molar-refractivity contribution in [3.8, 4) is 0 Å². The van der Waals surface area contributed by atoms with Crippen molar-refractivity contribution in [1.82, 2.24) is 15.5 Å². The summed E-state index contributed by atoms with van der Waals surface area (Å²) in [5.74, 6) is -0.0990. The Morgan fingerprint density at radius 3 is 2.75 bits per heavy atom. The molecule has 0 atom stereocenters. The Labute approximate surface area is 95.4 Å². The Balaban J connectivity index is 2.49. The summed E-state index contributed by atoms with van der Waals surface area (Å²) < 4.78 is 0. The van der Waals surface area contributed by atoms with E-state index in [9.17, 15) is 4.79 Å². The van der Waals surface area contributed by atoms with E-state index >= 15 is 0 Å². The summed E-state index contributed by atoms with van der Waals surface area (Å²) in [7, 11) is 0. The van der Waals surface area contributed by atoms with E-state index in [1.807, 2.05) is 32.9 Å².